The van der Waals surface area contributed by atoms with Crippen LogP contribution in [0.25, 0.3) is 0 Å². The Morgan fingerprint density at radius 3 is 2.20 bits per heavy atom. The van der Waals surface area contributed by atoms with Crippen LogP contribution in [-0.4, -0.2) is 37.0 Å². The largest absolute Gasteiger partial charge is 0.366 e. The van der Waals surface area contributed by atoms with Crippen molar-refractivity contribution in [3.8, 4) is 0 Å². The lowest BCUT2D eigenvalue weighted by atomic mass is 10.1. The maximum absolute atomic E-state index is 13.9. The van der Waals surface area contributed by atoms with Gasteiger partial charge in [-0.15, -0.1) is 0 Å². The summed E-state index contributed by atoms with van der Waals surface area (Å²) in [6, 6.07) is 6.71. The second-order valence-electron chi connectivity index (χ2n) is 5.60. The van der Waals surface area contributed by atoms with Gasteiger partial charge in [0.1, 0.15) is 0 Å². The highest BCUT2D eigenvalue weighted by molar-refractivity contribution is 6.42. The first-order valence-corrected chi connectivity index (χ1v) is 8.27. The number of rotatable bonds is 2. The van der Waals surface area contributed by atoms with Gasteiger partial charge in [-0.2, -0.15) is 0 Å². The van der Waals surface area contributed by atoms with Crippen LogP contribution < -0.4 is 4.90 Å². The Morgan fingerprint density at radius 2 is 1.56 bits per heavy atom. The van der Waals surface area contributed by atoms with E-state index in [0.717, 1.165) is 6.07 Å². The number of hydrogen-bond donors (Lipinski definition) is 0. The molecule has 0 radical (unpaired) electrons. The van der Waals surface area contributed by atoms with Crippen LogP contribution >= 0.6 is 23.2 Å². The predicted molar refractivity (Wildman–Crippen MR) is 90.9 cm³/mol. The minimum absolute atomic E-state index is 0.0134. The summed E-state index contributed by atoms with van der Waals surface area (Å²) >= 11 is 11.8. The van der Waals surface area contributed by atoms with Crippen molar-refractivity contribution in [1.82, 2.24) is 4.90 Å². The lowest BCUT2D eigenvalue weighted by molar-refractivity contribution is 0.0746. The maximum atomic E-state index is 13.9. The number of anilines is 1. The van der Waals surface area contributed by atoms with E-state index in [-0.39, 0.29) is 16.6 Å². The zero-order valence-electron chi connectivity index (χ0n) is 12.9. The van der Waals surface area contributed by atoms with E-state index in [1.165, 1.54) is 12.1 Å². The minimum Gasteiger partial charge on any atom is -0.366 e. The summed E-state index contributed by atoms with van der Waals surface area (Å²) in [5.41, 5.74) is 0.391. The van der Waals surface area contributed by atoms with Crippen LogP contribution in [0.15, 0.2) is 30.3 Å². The monoisotopic (exact) mass is 388 g/mol. The second-order valence-corrected chi connectivity index (χ2v) is 6.42. The van der Waals surface area contributed by atoms with Crippen molar-refractivity contribution in [2.24, 2.45) is 0 Å². The fourth-order valence-corrected chi connectivity index (χ4v) is 3.02. The topological polar surface area (TPSA) is 23.6 Å². The second kappa shape index (κ2) is 7.14. The number of piperazine rings is 1. The first kappa shape index (κ1) is 17.9. The van der Waals surface area contributed by atoms with E-state index >= 15 is 0 Å². The lowest BCUT2D eigenvalue weighted by Crippen LogP contribution is -2.49. The number of benzene rings is 2. The van der Waals surface area contributed by atoms with Gasteiger partial charge >= 0.3 is 0 Å². The standard InChI is InChI=1S/C17H13Cl2F3N2O/c18-11-2-1-10(9-12(11)19)17(25)24-7-5-23(6-8-24)14-4-3-13(20)15(21)16(14)22/h1-4,9H,5-8H2. The molecule has 1 aliphatic heterocycles. The molecule has 0 aromatic heterocycles. The minimum atomic E-state index is -1.49. The van der Waals surface area contributed by atoms with Crippen LogP contribution in [-0.2, 0) is 0 Å². The highest BCUT2D eigenvalue weighted by atomic mass is 35.5. The quantitative estimate of drug-likeness (QED) is 0.713. The third-order valence-electron chi connectivity index (χ3n) is 4.09. The fourth-order valence-electron chi connectivity index (χ4n) is 2.72. The Labute approximate surface area is 152 Å². The van der Waals surface area contributed by atoms with Gasteiger partial charge < -0.3 is 9.80 Å². The van der Waals surface area contributed by atoms with Gasteiger partial charge in [0.05, 0.1) is 15.7 Å². The average molecular weight is 389 g/mol. The summed E-state index contributed by atoms with van der Waals surface area (Å²) in [7, 11) is 0. The Kier molecular flexibility index (Phi) is 5.11. The van der Waals surface area contributed by atoms with E-state index in [1.807, 2.05) is 0 Å². The molecule has 1 saturated heterocycles. The Morgan fingerprint density at radius 1 is 0.880 bits per heavy atom. The Balaban J connectivity index is 1.70. The first-order valence-electron chi connectivity index (χ1n) is 7.51. The highest BCUT2D eigenvalue weighted by Gasteiger charge is 2.25. The normalized spacial score (nSPS) is 14.8. The van der Waals surface area contributed by atoms with Crippen LogP contribution in [0.2, 0.25) is 10.0 Å². The smallest absolute Gasteiger partial charge is 0.254 e. The van der Waals surface area contributed by atoms with E-state index in [0.29, 0.717) is 36.8 Å². The highest BCUT2D eigenvalue weighted by Crippen LogP contribution is 2.26. The molecule has 0 unspecified atom stereocenters. The third kappa shape index (κ3) is 3.55. The van der Waals surface area contributed by atoms with E-state index in [4.69, 9.17) is 23.2 Å². The summed E-state index contributed by atoms with van der Waals surface area (Å²) in [5, 5.41) is 0.645. The zero-order chi connectivity index (χ0) is 18.1. The molecule has 8 heteroatoms. The number of carbonyl (C=O) groups is 1. The molecule has 3 nitrogen and oxygen atoms in total. The molecule has 0 bridgehead atoms. The number of amides is 1. The van der Waals surface area contributed by atoms with Gasteiger partial charge in [-0.25, -0.2) is 13.2 Å². The average Bonchev–Trinajstić information content (AvgIpc) is 2.62. The summed E-state index contributed by atoms with van der Waals surface area (Å²) in [4.78, 5) is 15.7. The van der Waals surface area contributed by atoms with Crippen LogP contribution in [0.3, 0.4) is 0 Å². The van der Waals surface area contributed by atoms with Crippen LogP contribution in [0.5, 0.6) is 0 Å². The molecule has 25 heavy (non-hydrogen) atoms. The maximum Gasteiger partial charge on any atom is 0.254 e. The van der Waals surface area contributed by atoms with Gasteiger partial charge in [0.25, 0.3) is 5.91 Å². The van der Waals surface area contributed by atoms with Gasteiger partial charge in [-0.3, -0.25) is 4.79 Å². The van der Waals surface area contributed by atoms with Crippen LogP contribution in [0.4, 0.5) is 18.9 Å². The van der Waals surface area contributed by atoms with Gasteiger partial charge in [0.2, 0.25) is 0 Å². The third-order valence-corrected chi connectivity index (χ3v) is 4.83. The molecule has 0 N–H and O–H groups in total. The molecule has 132 valence electrons. The van der Waals surface area contributed by atoms with Crippen molar-refractivity contribution >= 4 is 34.8 Å². The summed E-state index contributed by atoms with van der Waals surface area (Å²) in [6.07, 6.45) is 0. The van der Waals surface area contributed by atoms with Crippen LogP contribution in [0.1, 0.15) is 10.4 Å². The van der Waals surface area contributed by atoms with Gasteiger partial charge in [-0.05, 0) is 30.3 Å². The molecular weight excluding hydrogens is 376 g/mol. The predicted octanol–water partition coefficient (Wildman–Crippen LogP) is 4.37. The molecule has 0 spiro atoms. The number of halogens is 5. The lowest BCUT2D eigenvalue weighted by Gasteiger charge is -2.36. The molecule has 1 amide bonds. The molecule has 0 saturated carbocycles. The molecule has 0 aliphatic carbocycles. The van der Waals surface area contributed by atoms with Gasteiger partial charge in [-0.1, -0.05) is 23.2 Å². The molecule has 2 aromatic rings. The van der Waals surface area contributed by atoms with Crippen molar-refractivity contribution < 1.29 is 18.0 Å². The Bertz CT molecular complexity index is 824. The SMILES string of the molecule is O=C(c1ccc(Cl)c(Cl)c1)N1CCN(c2ccc(F)c(F)c2F)CC1. The van der Waals surface area contributed by atoms with E-state index in [9.17, 15) is 18.0 Å². The van der Waals surface area contributed by atoms with E-state index < -0.39 is 17.5 Å². The molecule has 1 aliphatic rings. The van der Waals surface area contributed by atoms with Gasteiger partial charge in [0, 0.05) is 31.7 Å². The molecule has 3 rings (SSSR count). The van der Waals surface area contributed by atoms with E-state index in [2.05, 4.69) is 0 Å². The van der Waals surface area contributed by atoms with Crippen molar-refractivity contribution in [3.63, 3.8) is 0 Å². The fraction of sp³-hybridized carbons (Fsp3) is 0.235. The van der Waals surface area contributed by atoms with Crippen LogP contribution in [0, 0.1) is 17.5 Å². The number of hydrogen-bond acceptors (Lipinski definition) is 2. The van der Waals surface area contributed by atoms with E-state index in [1.54, 1.807) is 21.9 Å². The Hall–Kier alpha value is -1.92. The molecular formula is C17H13Cl2F3N2O. The zero-order valence-corrected chi connectivity index (χ0v) is 14.4. The molecule has 0 atom stereocenters. The van der Waals surface area contributed by atoms with Crippen molar-refractivity contribution in [2.45, 2.75) is 0 Å². The number of carbonyl (C=O) groups excluding carboxylic acids is 1. The number of nitrogens with zero attached hydrogens (tertiary/aromatic N) is 2. The molecule has 2 aromatic carbocycles. The van der Waals surface area contributed by atoms with Gasteiger partial charge in [0.15, 0.2) is 17.5 Å². The molecule has 1 fully saturated rings. The van der Waals surface area contributed by atoms with Crippen molar-refractivity contribution in [2.75, 3.05) is 31.1 Å². The van der Waals surface area contributed by atoms with Crippen molar-refractivity contribution in [3.05, 3.63) is 63.4 Å². The summed E-state index contributed by atoms with van der Waals surface area (Å²) < 4.78 is 40.3. The molecule has 1 heterocycles. The van der Waals surface area contributed by atoms with Crippen molar-refractivity contribution in [1.29, 1.82) is 0 Å². The summed E-state index contributed by atoms with van der Waals surface area (Å²) in [6.45, 7) is 1.24. The summed E-state index contributed by atoms with van der Waals surface area (Å²) in [5.74, 6) is -4.16. The first-order chi connectivity index (χ1) is 11.9.